The summed E-state index contributed by atoms with van der Waals surface area (Å²) < 4.78 is 16.0. The van der Waals surface area contributed by atoms with Crippen LogP contribution in [0.4, 0.5) is 0 Å². The lowest BCUT2D eigenvalue weighted by atomic mass is 10.2. The van der Waals surface area contributed by atoms with E-state index in [1.54, 1.807) is 0 Å². The van der Waals surface area contributed by atoms with E-state index in [4.69, 9.17) is 19.9 Å². The average Bonchev–Trinajstić information content (AvgIpc) is 2.80. The number of benzene rings is 1. The Morgan fingerprint density at radius 2 is 1.87 bits per heavy atom. The minimum Gasteiger partial charge on any atom is -0.488 e. The molecule has 2 N–H and O–H groups in total. The second kappa shape index (κ2) is 5.11. The summed E-state index contributed by atoms with van der Waals surface area (Å²) in [7, 11) is 0. The Morgan fingerprint density at radius 1 is 1.20 bits per heavy atom. The Balaban J connectivity index is 1.82. The van der Waals surface area contributed by atoms with Crippen molar-refractivity contribution < 1.29 is 14.2 Å². The zero-order valence-corrected chi connectivity index (χ0v) is 8.52. The lowest BCUT2D eigenvalue weighted by molar-refractivity contribution is -0.0684. The van der Waals surface area contributed by atoms with E-state index in [1.807, 2.05) is 24.3 Å². The van der Waals surface area contributed by atoms with Crippen LogP contribution in [0.15, 0.2) is 24.3 Å². The van der Waals surface area contributed by atoms with Crippen LogP contribution in [0, 0.1) is 0 Å². The molecule has 15 heavy (non-hydrogen) atoms. The molecule has 0 aromatic heterocycles. The first-order valence-corrected chi connectivity index (χ1v) is 5.03. The highest BCUT2D eigenvalue weighted by atomic mass is 16.7. The second-order valence-corrected chi connectivity index (χ2v) is 3.33. The monoisotopic (exact) mass is 209 g/mol. The summed E-state index contributed by atoms with van der Waals surface area (Å²) in [5, 5.41) is 0. The Morgan fingerprint density at radius 3 is 2.47 bits per heavy atom. The molecule has 4 heteroatoms. The van der Waals surface area contributed by atoms with E-state index in [0.29, 0.717) is 26.4 Å². The molecular formula is C11H15NO3. The third-order valence-electron chi connectivity index (χ3n) is 2.24. The number of hydrogen-bond donors (Lipinski definition) is 1. The molecule has 0 amide bonds. The highest BCUT2D eigenvalue weighted by Crippen LogP contribution is 2.13. The van der Waals surface area contributed by atoms with Gasteiger partial charge in [-0.25, -0.2) is 0 Å². The first kappa shape index (κ1) is 10.4. The average molecular weight is 209 g/mol. The normalized spacial score (nSPS) is 16.9. The standard InChI is InChI=1S/C11H15NO3/c12-7-9-1-3-10(4-2-9)15-8-11-13-5-6-14-11/h1-4,11H,5-8,12H2. The fourth-order valence-electron chi connectivity index (χ4n) is 1.39. The van der Waals surface area contributed by atoms with E-state index in [1.165, 1.54) is 0 Å². The smallest absolute Gasteiger partial charge is 0.191 e. The minimum absolute atomic E-state index is 0.223. The summed E-state index contributed by atoms with van der Waals surface area (Å²) in [6.07, 6.45) is -0.223. The Bertz CT molecular complexity index is 293. The Hall–Kier alpha value is -1.10. The first-order chi connectivity index (χ1) is 7.38. The third kappa shape index (κ3) is 2.92. The zero-order chi connectivity index (χ0) is 10.5. The van der Waals surface area contributed by atoms with Gasteiger partial charge in [0, 0.05) is 6.54 Å². The van der Waals surface area contributed by atoms with Crippen LogP contribution >= 0.6 is 0 Å². The molecule has 0 atom stereocenters. The summed E-state index contributed by atoms with van der Waals surface area (Å²) in [5.74, 6) is 0.811. The molecule has 1 heterocycles. The van der Waals surface area contributed by atoms with E-state index in [2.05, 4.69) is 0 Å². The Labute approximate surface area is 88.9 Å². The summed E-state index contributed by atoms with van der Waals surface area (Å²) in [5.41, 5.74) is 6.59. The molecule has 0 radical (unpaired) electrons. The van der Waals surface area contributed by atoms with Crippen LogP contribution in [0.2, 0.25) is 0 Å². The van der Waals surface area contributed by atoms with Gasteiger partial charge in [0.15, 0.2) is 6.29 Å². The Kier molecular flexibility index (Phi) is 3.55. The molecule has 0 spiro atoms. The van der Waals surface area contributed by atoms with E-state index >= 15 is 0 Å². The molecule has 1 aromatic rings. The fraction of sp³-hybridized carbons (Fsp3) is 0.455. The summed E-state index contributed by atoms with van der Waals surface area (Å²) in [6, 6.07) is 7.70. The number of ether oxygens (including phenoxy) is 3. The third-order valence-corrected chi connectivity index (χ3v) is 2.24. The van der Waals surface area contributed by atoms with Crippen molar-refractivity contribution >= 4 is 0 Å². The van der Waals surface area contributed by atoms with Crippen molar-refractivity contribution in [2.75, 3.05) is 19.8 Å². The van der Waals surface area contributed by atoms with Gasteiger partial charge in [-0.3, -0.25) is 0 Å². The molecule has 2 rings (SSSR count). The molecule has 1 aliphatic rings. The predicted octanol–water partition coefficient (Wildman–Crippen LogP) is 0.897. The molecule has 4 nitrogen and oxygen atoms in total. The lowest BCUT2D eigenvalue weighted by Crippen LogP contribution is -2.18. The molecule has 1 fully saturated rings. The molecule has 0 unspecified atom stereocenters. The summed E-state index contributed by atoms with van der Waals surface area (Å²) in [6.45, 7) is 2.29. The molecule has 0 aliphatic carbocycles. The first-order valence-electron chi connectivity index (χ1n) is 5.03. The van der Waals surface area contributed by atoms with Gasteiger partial charge >= 0.3 is 0 Å². The molecule has 1 saturated heterocycles. The van der Waals surface area contributed by atoms with Crippen molar-refractivity contribution in [2.24, 2.45) is 5.73 Å². The molecular weight excluding hydrogens is 194 g/mol. The van der Waals surface area contributed by atoms with E-state index in [-0.39, 0.29) is 6.29 Å². The number of hydrogen-bond acceptors (Lipinski definition) is 4. The van der Waals surface area contributed by atoms with E-state index in [0.717, 1.165) is 11.3 Å². The maximum atomic E-state index is 5.50. The van der Waals surface area contributed by atoms with Gasteiger partial charge in [-0.05, 0) is 17.7 Å². The van der Waals surface area contributed by atoms with Gasteiger partial charge in [-0.15, -0.1) is 0 Å². The zero-order valence-electron chi connectivity index (χ0n) is 8.52. The number of rotatable bonds is 4. The highest BCUT2D eigenvalue weighted by Gasteiger charge is 2.16. The molecule has 82 valence electrons. The number of nitrogens with two attached hydrogens (primary N) is 1. The van der Waals surface area contributed by atoms with Gasteiger partial charge in [0.1, 0.15) is 12.4 Å². The van der Waals surface area contributed by atoms with E-state index < -0.39 is 0 Å². The highest BCUT2D eigenvalue weighted by molar-refractivity contribution is 5.27. The van der Waals surface area contributed by atoms with Gasteiger partial charge in [0.05, 0.1) is 13.2 Å². The molecule has 0 saturated carbocycles. The van der Waals surface area contributed by atoms with Crippen LogP contribution in [-0.4, -0.2) is 26.1 Å². The maximum absolute atomic E-state index is 5.50. The van der Waals surface area contributed by atoms with E-state index in [9.17, 15) is 0 Å². The molecule has 1 aliphatic heterocycles. The van der Waals surface area contributed by atoms with Crippen molar-refractivity contribution in [3.8, 4) is 5.75 Å². The van der Waals surface area contributed by atoms with Crippen LogP contribution < -0.4 is 10.5 Å². The molecule has 0 bridgehead atoms. The van der Waals surface area contributed by atoms with Gasteiger partial charge in [0.25, 0.3) is 0 Å². The van der Waals surface area contributed by atoms with Crippen LogP contribution in [0.25, 0.3) is 0 Å². The van der Waals surface area contributed by atoms with Gasteiger partial charge in [-0.1, -0.05) is 12.1 Å². The predicted molar refractivity (Wildman–Crippen MR) is 55.5 cm³/mol. The van der Waals surface area contributed by atoms with Crippen LogP contribution in [0.3, 0.4) is 0 Å². The lowest BCUT2D eigenvalue weighted by Gasteiger charge is -2.11. The van der Waals surface area contributed by atoms with Crippen LogP contribution in [0.5, 0.6) is 5.75 Å². The van der Waals surface area contributed by atoms with Gasteiger partial charge in [-0.2, -0.15) is 0 Å². The van der Waals surface area contributed by atoms with Crippen LogP contribution in [0.1, 0.15) is 5.56 Å². The quantitative estimate of drug-likeness (QED) is 0.800. The van der Waals surface area contributed by atoms with Crippen LogP contribution in [-0.2, 0) is 16.0 Å². The van der Waals surface area contributed by atoms with Gasteiger partial charge < -0.3 is 19.9 Å². The summed E-state index contributed by atoms with van der Waals surface area (Å²) >= 11 is 0. The summed E-state index contributed by atoms with van der Waals surface area (Å²) in [4.78, 5) is 0. The van der Waals surface area contributed by atoms with Crippen molar-refractivity contribution in [3.63, 3.8) is 0 Å². The van der Waals surface area contributed by atoms with Crippen molar-refractivity contribution in [2.45, 2.75) is 12.8 Å². The molecule has 1 aromatic carbocycles. The second-order valence-electron chi connectivity index (χ2n) is 3.33. The SMILES string of the molecule is NCc1ccc(OCC2OCCO2)cc1. The van der Waals surface area contributed by atoms with Crippen molar-refractivity contribution in [3.05, 3.63) is 29.8 Å². The largest absolute Gasteiger partial charge is 0.488 e. The van der Waals surface area contributed by atoms with Crippen molar-refractivity contribution in [1.82, 2.24) is 0 Å². The van der Waals surface area contributed by atoms with Gasteiger partial charge in [0.2, 0.25) is 0 Å². The van der Waals surface area contributed by atoms with Crippen molar-refractivity contribution in [1.29, 1.82) is 0 Å². The minimum atomic E-state index is -0.223. The maximum Gasteiger partial charge on any atom is 0.191 e. The topological polar surface area (TPSA) is 53.7 Å². The fourth-order valence-corrected chi connectivity index (χ4v) is 1.39.